The molecule has 2 aromatic rings. The van der Waals surface area contributed by atoms with Gasteiger partial charge in [-0.05, 0) is 42.8 Å². The van der Waals surface area contributed by atoms with Gasteiger partial charge >= 0.3 is 12.6 Å². The van der Waals surface area contributed by atoms with Crippen LogP contribution in [-0.4, -0.2) is 25.1 Å². The number of alkyl halides is 2. The van der Waals surface area contributed by atoms with Crippen molar-refractivity contribution in [2.24, 2.45) is 0 Å². The highest BCUT2D eigenvalue weighted by Gasteiger charge is 2.15. The summed E-state index contributed by atoms with van der Waals surface area (Å²) in [7, 11) is 0. The van der Waals surface area contributed by atoms with E-state index >= 15 is 0 Å². The van der Waals surface area contributed by atoms with Gasteiger partial charge in [-0.25, -0.2) is 4.79 Å². The highest BCUT2D eigenvalue weighted by Crippen LogP contribution is 2.22. The van der Waals surface area contributed by atoms with E-state index in [1.165, 1.54) is 24.3 Å². The van der Waals surface area contributed by atoms with Gasteiger partial charge in [-0.2, -0.15) is 8.78 Å². The molecule has 0 bridgehead atoms. The first-order chi connectivity index (χ1) is 12.4. The van der Waals surface area contributed by atoms with Crippen LogP contribution in [0.2, 0.25) is 5.02 Å². The van der Waals surface area contributed by atoms with E-state index in [1.807, 2.05) is 0 Å². The fourth-order valence-electron chi connectivity index (χ4n) is 2.17. The number of benzene rings is 2. The second-order valence-electron chi connectivity index (χ2n) is 5.29. The third kappa shape index (κ3) is 5.70. The van der Waals surface area contributed by atoms with Gasteiger partial charge in [0.15, 0.2) is 6.61 Å². The first-order valence-corrected chi connectivity index (χ1v) is 8.00. The number of hydrogen-bond acceptors (Lipinski definition) is 4. The van der Waals surface area contributed by atoms with Gasteiger partial charge < -0.3 is 14.8 Å². The summed E-state index contributed by atoms with van der Waals surface area (Å²) >= 11 is 6.06. The quantitative estimate of drug-likeness (QED) is 0.735. The fourth-order valence-corrected chi connectivity index (χ4v) is 2.47. The molecule has 0 saturated heterocycles. The molecule has 2 rings (SSSR count). The van der Waals surface area contributed by atoms with Gasteiger partial charge in [-0.15, -0.1) is 0 Å². The van der Waals surface area contributed by atoms with Crippen LogP contribution in [0.25, 0.3) is 0 Å². The monoisotopic (exact) mass is 383 g/mol. The van der Waals surface area contributed by atoms with Crippen molar-refractivity contribution >= 4 is 23.5 Å². The van der Waals surface area contributed by atoms with E-state index in [1.54, 1.807) is 31.2 Å². The predicted molar refractivity (Wildman–Crippen MR) is 91.4 cm³/mol. The minimum absolute atomic E-state index is 0.0807. The zero-order valence-electron chi connectivity index (χ0n) is 13.7. The van der Waals surface area contributed by atoms with E-state index in [0.717, 1.165) is 5.56 Å². The maximum atomic E-state index is 12.1. The van der Waals surface area contributed by atoms with Crippen LogP contribution in [0.15, 0.2) is 48.5 Å². The van der Waals surface area contributed by atoms with Crippen molar-refractivity contribution in [2.45, 2.75) is 19.6 Å². The number of carbonyl (C=O) groups excluding carboxylic acids is 2. The van der Waals surface area contributed by atoms with Crippen molar-refractivity contribution in [3.63, 3.8) is 0 Å². The van der Waals surface area contributed by atoms with Gasteiger partial charge in [0.2, 0.25) is 0 Å². The third-order valence-corrected chi connectivity index (χ3v) is 3.74. The molecule has 0 radical (unpaired) electrons. The Bertz CT molecular complexity index is 768. The van der Waals surface area contributed by atoms with Crippen LogP contribution in [-0.2, 0) is 9.53 Å². The van der Waals surface area contributed by atoms with E-state index in [4.69, 9.17) is 16.3 Å². The maximum Gasteiger partial charge on any atom is 0.387 e. The lowest BCUT2D eigenvalue weighted by molar-refractivity contribution is -0.124. The number of esters is 1. The Hall–Kier alpha value is -2.67. The first kappa shape index (κ1) is 19.7. The van der Waals surface area contributed by atoms with Crippen LogP contribution in [0.5, 0.6) is 5.75 Å². The summed E-state index contributed by atoms with van der Waals surface area (Å²) in [5.41, 5.74) is 0.849. The number of amides is 1. The normalized spacial score (nSPS) is 11.7. The molecule has 1 atom stereocenters. The molecular formula is C18H16ClF2NO4. The van der Waals surface area contributed by atoms with E-state index in [-0.39, 0.29) is 17.4 Å². The highest BCUT2D eigenvalue weighted by molar-refractivity contribution is 6.31. The summed E-state index contributed by atoms with van der Waals surface area (Å²) < 4.78 is 33.2. The molecule has 1 amide bonds. The molecule has 0 aromatic heterocycles. The Morgan fingerprint density at radius 1 is 1.12 bits per heavy atom. The van der Waals surface area contributed by atoms with Crippen molar-refractivity contribution in [2.75, 3.05) is 6.61 Å². The molecule has 26 heavy (non-hydrogen) atoms. The molecular weight excluding hydrogens is 368 g/mol. The van der Waals surface area contributed by atoms with Crippen LogP contribution in [0.4, 0.5) is 8.78 Å². The summed E-state index contributed by atoms with van der Waals surface area (Å²) in [6.45, 7) is -1.68. The molecule has 0 aliphatic heterocycles. The van der Waals surface area contributed by atoms with E-state index < -0.39 is 25.1 Å². The molecule has 0 fully saturated rings. The summed E-state index contributed by atoms with van der Waals surface area (Å²) in [4.78, 5) is 23.8. The molecule has 8 heteroatoms. The molecule has 0 aliphatic carbocycles. The lowest BCUT2D eigenvalue weighted by Gasteiger charge is -2.15. The summed E-state index contributed by atoms with van der Waals surface area (Å²) in [5.74, 6) is -1.33. The minimum atomic E-state index is -2.95. The van der Waals surface area contributed by atoms with Crippen molar-refractivity contribution in [1.29, 1.82) is 0 Å². The second kappa shape index (κ2) is 9.15. The molecule has 0 spiro atoms. The lowest BCUT2D eigenvalue weighted by atomic mass is 10.1. The largest absolute Gasteiger partial charge is 0.452 e. The van der Waals surface area contributed by atoms with Crippen LogP contribution in [0, 0.1) is 0 Å². The Kier molecular flexibility index (Phi) is 6.91. The van der Waals surface area contributed by atoms with Gasteiger partial charge in [0.05, 0.1) is 11.6 Å². The Morgan fingerprint density at radius 2 is 1.77 bits per heavy atom. The van der Waals surface area contributed by atoms with Gasteiger partial charge in [0, 0.05) is 5.02 Å². The molecule has 138 valence electrons. The molecule has 0 unspecified atom stereocenters. The zero-order valence-corrected chi connectivity index (χ0v) is 14.5. The first-order valence-electron chi connectivity index (χ1n) is 7.62. The average Bonchev–Trinajstić information content (AvgIpc) is 2.60. The van der Waals surface area contributed by atoms with Gasteiger partial charge in [-0.1, -0.05) is 29.8 Å². The van der Waals surface area contributed by atoms with Gasteiger partial charge in [-0.3, -0.25) is 4.79 Å². The smallest absolute Gasteiger partial charge is 0.387 e. The number of rotatable bonds is 7. The van der Waals surface area contributed by atoms with Crippen LogP contribution >= 0.6 is 11.6 Å². The number of hydrogen-bond donors (Lipinski definition) is 1. The minimum Gasteiger partial charge on any atom is -0.452 e. The molecule has 0 heterocycles. The van der Waals surface area contributed by atoms with Crippen molar-refractivity contribution < 1.29 is 27.8 Å². The lowest BCUT2D eigenvalue weighted by Crippen LogP contribution is -2.31. The van der Waals surface area contributed by atoms with E-state index in [9.17, 15) is 18.4 Å². The van der Waals surface area contributed by atoms with Crippen LogP contribution in [0.3, 0.4) is 0 Å². The van der Waals surface area contributed by atoms with Gasteiger partial charge in [0.25, 0.3) is 5.91 Å². The number of halogens is 3. The molecule has 0 saturated carbocycles. The Morgan fingerprint density at radius 3 is 2.38 bits per heavy atom. The van der Waals surface area contributed by atoms with Crippen molar-refractivity contribution in [3.8, 4) is 5.75 Å². The van der Waals surface area contributed by atoms with Crippen molar-refractivity contribution in [3.05, 3.63) is 64.7 Å². The topological polar surface area (TPSA) is 64.6 Å². The van der Waals surface area contributed by atoms with Gasteiger partial charge in [0.1, 0.15) is 5.75 Å². The maximum absolute atomic E-state index is 12.1. The molecule has 1 N–H and O–H groups in total. The average molecular weight is 384 g/mol. The molecule has 5 nitrogen and oxygen atoms in total. The fraction of sp³-hybridized carbons (Fsp3) is 0.222. The number of nitrogens with one attached hydrogen (secondary N) is 1. The van der Waals surface area contributed by atoms with E-state index in [0.29, 0.717) is 5.02 Å². The molecule has 2 aromatic carbocycles. The Balaban J connectivity index is 1.85. The molecule has 0 aliphatic rings. The standard InChI is InChI=1S/C18H16ClF2NO4/c1-11(14-4-2-3-5-15(14)19)22-16(23)10-25-17(24)12-6-8-13(9-7-12)26-18(20)21/h2-9,11,18H,10H2,1H3,(H,22,23)/t11-/m0/s1. The number of ether oxygens (including phenoxy) is 2. The van der Waals surface area contributed by atoms with E-state index in [2.05, 4.69) is 10.1 Å². The van der Waals surface area contributed by atoms with Crippen LogP contribution in [0.1, 0.15) is 28.9 Å². The predicted octanol–water partition coefficient (Wildman–Crippen LogP) is 3.98. The Labute approximate surface area is 153 Å². The zero-order chi connectivity index (χ0) is 19.1. The summed E-state index contributed by atoms with van der Waals surface area (Å²) in [6, 6.07) is 11.7. The third-order valence-electron chi connectivity index (χ3n) is 3.40. The summed E-state index contributed by atoms with van der Waals surface area (Å²) in [6.07, 6.45) is 0. The SMILES string of the molecule is C[C@H](NC(=O)COC(=O)c1ccc(OC(F)F)cc1)c1ccccc1Cl. The van der Waals surface area contributed by atoms with Crippen LogP contribution < -0.4 is 10.1 Å². The van der Waals surface area contributed by atoms with Crippen molar-refractivity contribution in [1.82, 2.24) is 5.32 Å². The second-order valence-corrected chi connectivity index (χ2v) is 5.70. The summed E-state index contributed by atoms with van der Waals surface area (Å²) in [5, 5.41) is 3.19. The highest BCUT2D eigenvalue weighted by atomic mass is 35.5. The number of carbonyl (C=O) groups is 2.